The van der Waals surface area contributed by atoms with Crippen LogP contribution in [0.2, 0.25) is 0 Å². The van der Waals surface area contributed by atoms with Crippen LogP contribution in [0, 0.1) is 0 Å². The Morgan fingerprint density at radius 1 is 1.33 bits per heavy atom. The Morgan fingerprint density at radius 2 is 2.00 bits per heavy atom. The number of nitrogens with one attached hydrogen (secondary N) is 2. The average Bonchev–Trinajstić information content (AvgIpc) is 2.74. The Kier molecular flexibility index (Phi) is 6.45. The van der Waals surface area contributed by atoms with Crippen molar-refractivity contribution in [2.75, 3.05) is 13.1 Å². The Labute approximate surface area is 144 Å². The third-order valence-corrected chi connectivity index (χ3v) is 5.08. The van der Waals surface area contributed by atoms with Gasteiger partial charge in [-0.3, -0.25) is 14.7 Å². The molecule has 2 aliphatic rings. The minimum absolute atomic E-state index is 0.150. The van der Waals surface area contributed by atoms with E-state index in [1.54, 1.807) is 6.92 Å². The summed E-state index contributed by atoms with van der Waals surface area (Å²) in [6, 6.07) is 0.116. The van der Waals surface area contributed by atoms with Crippen LogP contribution in [0.5, 0.6) is 0 Å². The third-order valence-electron chi connectivity index (χ3n) is 5.08. The second-order valence-corrected chi connectivity index (χ2v) is 7.03. The summed E-state index contributed by atoms with van der Waals surface area (Å²) in [5, 5.41) is 6.05. The molecule has 7 nitrogen and oxygen atoms in total. The van der Waals surface area contributed by atoms with E-state index in [1.165, 1.54) is 30.6 Å². The summed E-state index contributed by atoms with van der Waals surface area (Å²) in [5.74, 6) is 0.320. The van der Waals surface area contributed by atoms with Crippen LogP contribution in [0.3, 0.4) is 0 Å². The quantitative estimate of drug-likeness (QED) is 0.226. The van der Waals surface area contributed by atoms with Crippen LogP contribution in [0.25, 0.3) is 0 Å². The lowest BCUT2D eigenvalue weighted by atomic mass is 9.99. The van der Waals surface area contributed by atoms with Gasteiger partial charge >= 0.3 is 6.03 Å². The number of hydrogen-bond donors (Lipinski definition) is 3. The molecular formula is C17H31N5O2. The van der Waals surface area contributed by atoms with Gasteiger partial charge in [0.1, 0.15) is 5.54 Å². The monoisotopic (exact) mass is 337 g/mol. The first kappa shape index (κ1) is 18.5. The Balaban J connectivity index is 1.73. The van der Waals surface area contributed by atoms with E-state index in [2.05, 4.69) is 15.6 Å². The minimum Gasteiger partial charge on any atom is -0.370 e. The van der Waals surface area contributed by atoms with Crippen molar-refractivity contribution < 1.29 is 9.59 Å². The summed E-state index contributed by atoms with van der Waals surface area (Å²) in [4.78, 5) is 29.8. The molecule has 1 unspecified atom stereocenters. The van der Waals surface area contributed by atoms with Crippen molar-refractivity contribution in [3.63, 3.8) is 0 Å². The molecule has 1 aliphatic heterocycles. The van der Waals surface area contributed by atoms with Crippen molar-refractivity contribution in [1.29, 1.82) is 0 Å². The molecule has 3 amide bonds. The topological polar surface area (TPSA) is 99.8 Å². The number of guanidine groups is 1. The molecule has 4 N–H and O–H groups in total. The molecule has 0 aromatic rings. The van der Waals surface area contributed by atoms with Gasteiger partial charge in [0, 0.05) is 19.1 Å². The maximum absolute atomic E-state index is 12.3. The highest BCUT2D eigenvalue weighted by Crippen LogP contribution is 2.20. The average molecular weight is 337 g/mol. The van der Waals surface area contributed by atoms with E-state index in [0.29, 0.717) is 37.9 Å². The number of rotatable bonds is 6. The highest BCUT2D eigenvalue weighted by atomic mass is 16.2. The van der Waals surface area contributed by atoms with E-state index in [-0.39, 0.29) is 11.9 Å². The van der Waals surface area contributed by atoms with Crippen LogP contribution in [0.1, 0.15) is 65.2 Å². The van der Waals surface area contributed by atoms with E-state index in [9.17, 15) is 9.59 Å². The lowest BCUT2D eigenvalue weighted by molar-refractivity contribution is -0.130. The molecule has 1 saturated carbocycles. The molecule has 24 heavy (non-hydrogen) atoms. The lowest BCUT2D eigenvalue weighted by Crippen LogP contribution is -2.43. The zero-order valence-corrected chi connectivity index (χ0v) is 14.9. The van der Waals surface area contributed by atoms with Gasteiger partial charge < -0.3 is 16.4 Å². The minimum atomic E-state index is -0.763. The first-order valence-electron chi connectivity index (χ1n) is 9.17. The van der Waals surface area contributed by atoms with Gasteiger partial charge in [-0.25, -0.2) is 4.79 Å². The summed E-state index contributed by atoms with van der Waals surface area (Å²) in [6.45, 7) is 4.54. The molecule has 0 aromatic carbocycles. The summed E-state index contributed by atoms with van der Waals surface area (Å²) >= 11 is 0. The molecular weight excluding hydrogens is 306 g/mol. The zero-order chi connectivity index (χ0) is 17.6. The molecule has 0 radical (unpaired) electrons. The van der Waals surface area contributed by atoms with Crippen molar-refractivity contribution in [2.45, 2.75) is 76.8 Å². The SMILES string of the molecule is CCC1(C)NC(=O)N(CCCN=C(N)NC2CCCCCC2)C1=O. The summed E-state index contributed by atoms with van der Waals surface area (Å²) in [6.07, 6.45) is 8.59. The molecule has 136 valence electrons. The van der Waals surface area contributed by atoms with Gasteiger partial charge in [0.15, 0.2) is 5.96 Å². The Morgan fingerprint density at radius 3 is 2.58 bits per heavy atom. The van der Waals surface area contributed by atoms with Crippen LogP contribution in [-0.4, -0.2) is 47.5 Å². The normalized spacial score (nSPS) is 26.4. The van der Waals surface area contributed by atoms with Gasteiger partial charge in [0.2, 0.25) is 0 Å². The number of urea groups is 1. The van der Waals surface area contributed by atoms with Crippen molar-refractivity contribution in [2.24, 2.45) is 10.7 Å². The van der Waals surface area contributed by atoms with Crippen molar-refractivity contribution in [3.8, 4) is 0 Å². The van der Waals surface area contributed by atoms with E-state index in [0.717, 1.165) is 12.8 Å². The first-order chi connectivity index (χ1) is 11.5. The highest BCUT2D eigenvalue weighted by Gasteiger charge is 2.45. The summed E-state index contributed by atoms with van der Waals surface area (Å²) < 4.78 is 0. The smallest absolute Gasteiger partial charge is 0.325 e. The predicted molar refractivity (Wildman–Crippen MR) is 94.7 cm³/mol. The molecule has 1 heterocycles. The molecule has 0 aromatic heterocycles. The second-order valence-electron chi connectivity index (χ2n) is 7.03. The van der Waals surface area contributed by atoms with Crippen molar-refractivity contribution in [1.82, 2.24) is 15.5 Å². The maximum atomic E-state index is 12.3. The van der Waals surface area contributed by atoms with E-state index >= 15 is 0 Å². The van der Waals surface area contributed by atoms with Gasteiger partial charge in [-0.15, -0.1) is 0 Å². The van der Waals surface area contributed by atoms with Gasteiger partial charge in [-0.1, -0.05) is 32.6 Å². The van der Waals surface area contributed by atoms with Crippen LogP contribution >= 0.6 is 0 Å². The van der Waals surface area contributed by atoms with Crippen LogP contribution < -0.4 is 16.4 Å². The molecule has 7 heteroatoms. The summed E-state index contributed by atoms with van der Waals surface area (Å²) in [5.41, 5.74) is 5.18. The fourth-order valence-corrected chi connectivity index (χ4v) is 3.30. The Hall–Kier alpha value is -1.79. The lowest BCUT2D eigenvalue weighted by Gasteiger charge is -2.19. The van der Waals surface area contributed by atoms with E-state index in [1.807, 2.05) is 6.92 Å². The molecule has 1 saturated heterocycles. The molecule has 1 aliphatic carbocycles. The van der Waals surface area contributed by atoms with Crippen LogP contribution in [0.15, 0.2) is 4.99 Å². The number of carbonyl (C=O) groups is 2. The number of carbonyl (C=O) groups excluding carboxylic acids is 2. The number of aliphatic imine (C=N–C) groups is 1. The molecule has 0 bridgehead atoms. The van der Waals surface area contributed by atoms with Crippen molar-refractivity contribution in [3.05, 3.63) is 0 Å². The number of imide groups is 1. The molecule has 0 spiro atoms. The fraction of sp³-hybridized carbons (Fsp3) is 0.824. The predicted octanol–water partition coefficient (Wildman–Crippen LogP) is 1.72. The van der Waals surface area contributed by atoms with Crippen molar-refractivity contribution >= 4 is 17.9 Å². The number of amides is 3. The summed E-state index contributed by atoms with van der Waals surface area (Å²) in [7, 11) is 0. The largest absolute Gasteiger partial charge is 0.370 e. The van der Waals surface area contributed by atoms with Gasteiger partial charge in [-0.05, 0) is 32.6 Å². The Bertz CT molecular complexity index is 485. The second kappa shape index (κ2) is 8.35. The zero-order valence-electron chi connectivity index (χ0n) is 14.9. The number of nitrogens with zero attached hydrogens (tertiary/aromatic N) is 2. The van der Waals surface area contributed by atoms with Crippen LogP contribution in [-0.2, 0) is 4.79 Å². The van der Waals surface area contributed by atoms with E-state index in [4.69, 9.17) is 5.73 Å². The maximum Gasteiger partial charge on any atom is 0.325 e. The number of nitrogens with two attached hydrogens (primary N) is 1. The standard InChI is InChI=1S/C17H31N5O2/c1-3-17(2)14(23)22(16(24)21-17)12-8-11-19-15(18)20-13-9-6-4-5-7-10-13/h13H,3-12H2,1-2H3,(H,21,24)(H3,18,19,20). The highest BCUT2D eigenvalue weighted by molar-refractivity contribution is 6.06. The van der Waals surface area contributed by atoms with Crippen LogP contribution in [0.4, 0.5) is 4.79 Å². The first-order valence-corrected chi connectivity index (χ1v) is 9.17. The van der Waals surface area contributed by atoms with Gasteiger partial charge in [0.05, 0.1) is 0 Å². The van der Waals surface area contributed by atoms with Gasteiger partial charge in [0.25, 0.3) is 5.91 Å². The number of hydrogen-bond acceptors (Lipinski definition) is 3. The fourth-order valence-electron chi connectivity index (χ4n) is 3.30. The molecule has 2 rings (SSSR count). The third kappa shape index (κ3) is 4.61. The molecule has 1 atom stereocenters. The van der Waals surface area contributed by atoms with E-state index < -0.39 is 5.54 Å². The van der Waals surface area contributed by atoms with Gasteiger partial charge in [-0.2, -0.15) is 0 Å². The molecule has 2 fully saturated rings.